The lowest BCUT2D eigenvalue weighted by Crippen LogP contribution is -2.43. The van der Waals surface area contributed by atoms with Crippen molar-refractivity contribution >= 4 is 5.91 Å². The van der Waals surface area contributed by atoms with E-state index in [1.807, 2.05) is 17.8 Å². The molecule has 0 spiro atoms. The number of hydrogen-bond acceptors (Lipinski definition) is 3. The minimum atomic E-state index is 0.129. The van der Waals surface area contributed by atoms with Gasteiger partial charge in [0.25, 0.3) is 0 Å². The van der Waals surface area contributed by atoms with E-state index in [4.69, 9.17) is 5.73 Å². The molecule has 2 saturated carbocycles. The van der Waals surface area contributed by atoms with Crippen molar-refractivity contribution in [1.82, 2.24) is 14.5 Å². The second-order valence-corrected chi connectivity index (χ2v) is 6.54. The van der Waals surface area contributed by atoms with E-state index in [9.17, 15) is 4.79 Å². The zero-order valence-electron chi connectivity index (χ0n) is 12.9. The van der Waals surface area contributed by atoms with Crippen molar-refractivity contribution < 1.29 is 4.79 Å². The molecule has 2 N–H and O–H groups in total. The van der Waals surface area contributed by atoms with Crippen LogP contribution in [0, 0.1) is 11.8 Å². The number of aromatic nitrogens is 2. The van der Waals surface area contributed by atoms with Gasteiger partial charge in [-0.3, -0.25) is 4.79 Å². The Kier molecular flexibility index (Phi) is 4.29. The number of hydrogen-bond donors (Lipinski definition) is 1. The fourth-order valence-electron chi connectivity index (χ4n) is 3.50. The molecular formula is C16H26N4O. The van der Waals surface area contributed by atoms with E-state index >= 15 is 0 Å². The maximum absolute atomic E-state index is 13.0. The number of nitrogens with two attached hydrogens (primary N) is 1. The van der Waals surface area contributed by atoms with E-state index in [1.54, 1.807) is 6.20 Å². The van der Waals surface area contributed by atoms with E-state index in [-0.39, 0.29) is 5.92 Å². The molecule has 5 nitrogen and oxygen atoms in total. The number of imidazole rings is 1. The summed E-state index contributed by atoms with van der Waals surface area (Å²) in [4.78, 5) is 19.5. The van der Waals surface area contributed by atoms with Crippen LogP contribution >= 0.6 is 0 Å². The Bertz CT molecular complexity index is 494. The van der Waals surface area contributed by atoms with Crippen molar-refractivity contribution in [3.63, 3.8) is 0 Å². The third-order valence-electron chi connectivity index (χ3n) is 5.03. The summed E-state index contributed by atoms with van der Waals surface area (Å²) in [7, 11) is 1.99. The summed E-state index contributed by atoms with van der Waals surface area (Å²) in [6, 6.07) is 0.426. The van der Waals surface area contributed by atoms with Crippen molar-refractivity contribution in [2.45, 2.75) is 51.1 Å². The van der Waals surface area contributed by atoms with Crippen molar-refractivity contribution in [2.24, 2.45) is 24.6 Å². The van der Waals surface area contributed by atoms with Crippen LogP contribution in [-0.4, -0.2) is 32.9 Å². The van der Waals surface area contributed by atoms with Crippen molar-refractivity contribution in [3.05, 3.63) is 18.2 Å². The summed E-state index contributed by atoms with van der Waals surface area (Å²) in [5, 5.41) is 0. The Balaban J connectivity index is 1.74. The van der Waals surface area contributed by atoms with Crippen LogP contribution in [-0.2, 0) is 18.4 Å². The van der Waals surface area contributed by atoms with Crippen LogP contribution in [0.4, 0.5) is 0 Å². The molecule has 2 fully saturated rings. The molecule has 1 aromatic rings. The maximum atomic E-state index is 13.0. The van der Waals surface area contributed by atoms with E-state index in [1.165, 1.54) is 6.42 Å². The highest BCUT2D eigenvalue weighted by Crippen LogP contribution is 2.35. The molecule has 0 aromatic carbocycles. The van der Waals surface area contributed by atoms with Crippen LogP contribution in [0.5, 0.6) is 0 Å². The average molecular weight is 290 g/mol. The first-order valence-corrected chi connectivity index (χ1v) is 8.17. The zero-order valence-corrected chi connectivity index (χ0v) is 12.9. The molecule has 1 aromatic heterocycles. The van der Waals surface area contributed by atoms with Gasteiger partial charge in [-0.2, -0.15) is 0 Å². The summed E-state index contributed by atoms with van der Waals surface area (Å²) in [6.07, 6.45) is 10.5. The van der Waals surface area contributed by atoms with Crippen LogP contribution in [0.15, 0.2) is 12.4 Å². The molecule has 0 bridgehead atoms. The molecule has 0 aliphatic heterocycles. The zero-order chi connectivity index (χ0) is 14.8. The quantitative estimate of drug-likeness (QED) is 0.897. The molecule has 116 valence electrons. The minimum absolute atomic E-state index is 0.129. The average Bonchev–Trinajstić information content (AvgIpc) is 3.27. The highest BCUT2D eigenvalue weighted by molar-refractivity contribution is 5.80. The summed E-state index contributed by atoms with van der Waals surface area (Å²) in [6.45, 7) is 1.28. The van der Waals surface area contributed by atoms with Crippen LogP contribution in [0.2, 0.25) is 0 Å². The van der Waals surface area contributed by atoms with E-state index < -0.39 is 0 Å². The van der Waals surface area contributed by atoms with Gasteiger partial charge in [0.2, 0.25) is 5.91 Å². The maximum Gasteiger partial charge on any atom is 0.226 e. The van der Waals surface area contributed by atoms with E-state index in [0.717, 1.165) is 37.9 Å². The van der Waals surface area contributed by atoms with Crippen molar-refractivity contribution in [3.8, 4) is 0 Å². The van der Waals surface area contributed by atoms with Crippen LogP contribution in [0.25, 0.3) is 0 Å². The van der Waals surface area contributed by atoms with E-state index in [2.05, 4.69) is 9.88 Å². The summed E-state index contributed by atoms with van der Waals surface area (Å²) < 4.78 is 2.00. The number of carbonyl (C=O) groups is 1. The predicted octanol–water partition coefficient (Wildman–Crippen LogP) is 1.68. The molecule has 2 aliphatic rings. The van der Waals surface area contributed by atoms with Gasteiger partial charge in [0, 0.05) is 31.4 Å². The first kappa shape index (κ1) is 14.6. The molecule has 0 saturated heterocycles. The monoisotopic (exact) mass is 290 g/mol. The van der Waals surface area contributed by atoms with Gasteiger partial charge in [-0.1, -0.05) is 12.8 Å². The SMILES string of the molecule is Cn1ccnc1CN(C(=O)C1CCCCC1CN)C1CC1. The molecule has 1 amide bonds. The minimum Gasteiger partial charge on any atom is -0.337 e. The Morgan fingerprint density at radius 3 is 2.76 bits per heavy atom. The van der Waals surface area contributed by atoms with Gasteiger partial charge in [0.1, 0.15) is 5.82 Å². The summed E-state index contributed by atoms with van der Waals surface area (Å²) >= 11 is 0. The number of aryl methyl sites for hydroxylation is 1. The summed E-state index contributed by atoms with van der Waals surface area (Å²) in [5.74, 6) is 1.78. The first-order valence-electron chi connectivity index (χ1n) is 8.17. The number of carbonyl (C=O) groups excluding carboxylic acids is 1. The van der Waals surface area contributed by atoms with E-state index in [0.29, 0.717) is 31.0 Å². The standard InChI is InChI=1S/C16H26N4O/c1-19-9-8-18-15(19)11-20(13-6-7-13)16(21)14-5-3-2-4-12(14)10-17/h8-9,12-14H,2-7,10-11,17H2,1H3. The molecule has 5 heteroatoms. The van der Waals surface area contributed by atoms with Gasteiger partial charge in [-0.25, -0.2) is 4.98 Å². The van der Waals surface area contributed by atoms with Crippen molar-refractivity contribution in [2.75, 3.05) is 6.54 Å². The topological polar surface area (TPSA) is 64.2 Å². The lowest BCUT2D eigenvalue weighted by atomic mass is 9.78. The first-order chi connectivity index (χ1) is 10.2. The highest BCUT2D eigenvalue weighted by atomic mass is 16.2. The number of rotatable bonds is 5. The lowest BCUT2D eigenvalue weighted by molar-refractivity contribution is -0.139. The largest absolute Gasteiger partial charge is 0.337 e. The molecule has 3 rings (SSSR count). The predicted molar refractivity (Wildman–Crippen MR) is 81.3 cm³/mol. The smallest absolute Gasteiger partial charge is 0.226 e. The Morgan fingerprint density at radius 1 is 1.38 bits per heavy atom. The van der Waals surface area contributed by atoms with Gasteiger partial charge in [0.15, 0.2) is 0 Å². The fourth-order valence-corrected chi connectivity index (χ4v) is 3.50. The van der Waals surface area contributed by atoms with Crippen molar-refractivity contribution in [1.29, 1.82) is 0 Å². The van der Waals surface area contributed by atoms with Crippen LogP contribution in [0.1, 0.15) is 44.3 Å². The van der Waals surface area contributed by atoms with Gasteiger partial charge < -0.3 is 15.2 Å². The lowest BCUT2D eigenvalue weighted by Gasteiger charge is -2.34. The van der Waals surface area contributed by atoms with Gasteiger partial charge in [-0.05, 0) is 38.1 Å². The van der Waals surface area contributed by atoms with Crippen LogP contribution in [0.3, 0.4) is 0 Å². The van der Waals surface area contributed by atoms with Gasteiger partial charge in [-0.15, -0.1) is 0 Å². The molecule has 2 aliphatic carbocycles. The normalized spacial score (nSPS) is 25.8. The third kappa shape index (κ3) is 3.12. The third-order valence-corrected chi connectivity index (χ3v) is 5.03. The molecular weight excluding hydrogens is 264 g/mol. The molecule has 2 atom stereocenters. The van der Waals surface area contributed by atoms with Gasteiger partial charge in [0.05, 0.1) is 6.54 Å². The molecule has 1 heterocycles. The number of amides is 1. The van der Waals surface area contributed by atoms with Crippen LogP contribution < -0.4 is 5.73 Å². The second-order valence-electron chi connectivity index (χ2n) is 6.54. The Hall–Kier alpha value is -1.36. The number of nitrogens with zero attached hydrogens (tertiary/aromatic N) is 3. The Labute approximate surface area is 126 Å². The highest BCUT2D eigenvalue weighted by Gasteiger charge is 2.39. The Morgan fingerprint density at radius 2 is 2.14 bits per heavy atom. The second kappa shape index (κ2) is 6.18. The summed E-state index contributed by atoms with van der Waals surface area (Å²) in [5.41, 5.74) is 5.90. The molecule has 0 radical (unpaired) electrons. The fraction of sp³-hybridized carbons (Fsp3) is 0.750. The van der Waals surface area contributed by atoms with Gasteiger partial charge >= 0.3 is 0 Å². The molecule has 2 unspecified atom stereocenters. The molecule has 21 heavy (non-hydrogen) atoms.